The van der Waals surface area contributed by atoms with E-state index in [4.69, 9.17) is 0 Å². The Morgan fingerprint density at radius 1 is 1.31 bits per heavy atom. The number of aromatic nitrogens is 1. The number of hydrogen-bond acceptors (Lipinski definition) is 2. The molecule has 0 aliphatic carbocycles. The number of alkyl halides is 2. The highest BCUT2D eigenvalue weighted by atomic mass is 79.9. The van der Waals surface area contributed by atoms with Crippen molar-refractivity contribution in [3.8, 4) is 0 Å². The average Bonchev–Trinajstić information content (AvgIpc) is 2.99. The normalized spacial score (nSPS) is 17.3. The molecule has 1 atom stereocenters. The molecule has 1 N–H and O–H groups in total. The lowest BCUT2D eigenvalue weighted by Gasteiger charge is -2.30. The smallest absolute Gasteiger partial charge is 0.265 e. The first-order valence-corrected chi connectivity index (χ1v) is 9.63. The number of halogens is 4. The van der Waals surface area contributed by atoms with E-state index in [9.17, 15) is 13.2 Å². The fourth-order valence-corrected chi connectivity index (χ4v) is 4.05. The van der Waals surface area contributed by atoms with Gasteiger partial charge in [-0.25, -0.2) is 13.2 Å². The van der Waals surface area contributed by atoms with Crippen molar-refractivity contribution in [1.29, 1.82) is 0 Å². The van der Waals surface area contributed by atoms with E-state index in [0.717, 1.165) is 36.3 Å². The summed E-state index contributed by atoms with van der Waals surface area (Å²) in [7, 11) is 0. The van der Waals surface area contributed by atoms with Gasteiger partial charge in [0.1, 0.15) is 0 Å². The summed E-state index contributed by atoms with van der Waals surface area (Å²) in [4.78, 5) is 2.14. The third kappa shape index (κ3) is 3.78. The van der Waals surface area contributed by atoms with E-state index in [1.807, 2.05) is 19.1 Å². The first-order chi connectivity index (χ1) is 12.4. The van der Waals surface area contributed by atoms with Gasteiger partial charge in [-0.2, -0.15) is 0 Å². The van der Waals surface area contributed by atoms with Crippen molar-refractivity contribution in [3.63, 3.8) is 0 Å². The van der Waals surface area contributed by atoms with E-state index < -0.39 is 6.43 Å². The number of benzene rings is 1. The molecule has 3 nitrogen and oxygen atoms in total. The van der Waals surface area contributed by atoms with E-state index in [0.29, 0.717) is 17.3 Å². The highest BCUT2D eigenvalue weighted by Gasteiger charge is 2.25. The van der Waals surface area contributed by atoms with Gasteiger partial charge < -0.3 is 14.8 Å². The highest BCUT2D eigenvalue weighted by Crippen LogP contribution is 2.40. The number of hydrogen-bond donors (Lipinski definition) is 1. The number of rotatable bonds is 5. The van der Waals surface area contributed by atoms with Crippen LogP contribution in [0.15, 0.2) is 34.7 Å². The minimum atomic E-state index is -2.59. The molecule has 3 rings (SSSR count). The average molecular weight is 430 g/mol. The molecule has 1 aliphatic heterocycles. The minimum absolute atomic E-state index is 0.00407. The van der Waals surface area contributed by atoms with Crippen molar-refractivity contribution in [2.24, 2.45) is 0 Å². The number of piperazine rings is 1. The number of anilines is 1. The lowest BCUT2D eigenvalue weighted by molar-refractivity contribution is 0.153. The molecule has 0 saturated carbocycles. The lowest BCUT2D eigenvalue weighted by Crippen LogP contribution is -2.43. The summed E-state index contributed by atoms with van der Waals surface area (Å²) in [6.45, 7) is 6.47. The molecule has 1 aromatic heterocycles. The molecule has 26 heavy (non-hydrogen) atoms. The van der Waals surface area contributed by atoms with Gasteiger partial charge in [-0.15, -0.1) is 0 Å². The maximum Gasteiger partial charge on any atom is 0.265 e. The fourth-order valence-electron chi connectivity index (χ4n) is 3.62. The molecule has 0 radical (unpaired) electrons. The van der Waals surface area contributed by atoms with Crippen molar-refractivity contribution in [1.82, 2.24) is 9.88 Å². The van der Waals surface area contributed by atoms with Crippen molar-refractivity contribution in [2.45, 2.75) is 32.7 Å². The van der Waals surface area contributed by atoms with E-state index >= 15 is 0 Å². The van der Waals surface area contributed by atoms with Gasteiger partial charge >= 0.3 is 0 Å². The molecule has 2 aromatic rings. The Labute approximate surface area is 160 Å². The Bertz CT molecular complexity index is 806. The molecule has 1 saturated heterocycles. The maximum atomic E-state index is 13.8. The van der Waals surface area contributed by atoms with Crippen LogP contribution in [0.25, 0.3) is 10.9 Å². The van der Waals surface area contributed by atoms with Gasteiger partial charge in [0.25, 0.3) is 6.43 Å². The molecule has 0 bridgehead atoms. The maximum absolute atomic E-state index is 13.8. The van der Waals surface area contributed by atoms with Gasteiger partial charge in [0.15, 0.2) is 0 Å². The first kappa shape index (κ1) is 19.3. The van der Waals surface area contributed by atoms with E-state index in [-0.39, 0.29) is 17.4 Å². The van der Waals surface area contributed by atoms with Crippen LogP contribution in [0.1, 0.15) is 38.3 Å². The van der Waals surface area contributed by atoms with Gasteiger partial charge in [0, 0.05) is 53.5 Å². The number of nitrogens with zero attached hydrogens (tertiary/aromatic N) is 2. The van der Waals surface area contributed by atoms with Crippen LogP contribution in [0.2, 0.25) is 0 Å². The monoisotopic (exact) mass is 429 g/mol. The largest absolute Gasteiger partial charge is 0.368 e. The summed E-state index contributed by atoms with van der Waals surface area (Å²) < 4.78 is 43.8. The van der Waals surface area contributed by atoms with Crippen molar-refractivity contribution in [3.05, 3.63) is 40.3 Å². The molecular formula is C19H23BrF3N3. The van der Waals surface area contributed by atoms with Crippen molar-refractivity contribution >= 4 is 32.5 Å². The third-order valence-electron chi connectivity index (χ3n) is 4.80. The van der Waals surface area contributed by atoms with Gasteiger partial charge in [-0.05, 0) is 31.6 Å². The Kier molecular flexibility index (Phi) is 5.97. The van der Waals surface area contributed by atoms with Crippen molar-refractivity contribution < 1.29 is 13.2 Å². The molecule has 142 valence electrons. The van der Waals surface area contributed by atoms with E-state index in [2.05, 4.69) is 26.1 Å². The minimum Gasteiger partial charge on any atom is -0.368 e. The molecule has 0 spiro atoms. The molecular weight excluding hydrogens is 407 g/mol. The Hall–Kier alpha value is -1.47. The summed E-state index contributed by atoms with van der Waals surface area (Å²) in [5.74, 6) is -0.311. The number of allylic oxidation sites excluding steroid dienone is 2. The van der Waals surface area contributed by atoms with Crippen molar-refractivity contribution in [2.75, 3.05) is 31.1 Å². The number of nitrogens with one attached hydrogen (secondary N) is 1. The van der Waals surface area contributed by atoms with Crippen LogP contribution in [0, 0.1) is 0 Å². The lowest BCUT2D eigenvalue weighted by atomic mass is 10.1. The van der Waals surface area contributed by atoms with E-state index in [1.54, 1.807) is 4.57 Å². The Balaban J connectivity index is 2.25. The summed E-state index contributed by atoms with van der Waals surface area (Å²) in [5, 5.41) is 3.85. The summed E-state index contributed by atoms with van der Waals surface area (Å²) in [5.41, 5.74) is 1.51. The van der Waals surface area contributed by atoms with Crippen LogP contribution in [0.5, 0.6) is 0 Å². The SMILES string of the molecule is CCC(/C=C(\C)F)n1cc(C(F)F)c2c(N3CCNCC3)cc(Br)cc21. The molecule has 2 heterocycles. The van der Waals surface area contributed by atoms with Crippen LogP contribution in [0.4, 0.5) is 18.9 Å². The highest BCUT2D eigenvalue weighted by molar-refractivity contribution is 9.10. The fraction of sp³-hybridized carbons (Fsp3) is 0.474. The topological polar surface area (TPSA) is 20.2 Å². The predicted molar refractivity (Wildman–Crippen MR) is 104 cm³/mol. The summed E-state index contributed by atoms with van der Waals surface area (Å²) >= 11 is 3.52. The standard InChI is InChI=1S/C19H23BrF3N3/c1-3-14(8-12(2)21)26-11-15(19(22)23)18-16(9-13(20)10-17(18)26)25-6-4-24-5-7-25/h8-11,14,19,24H,3-7H2,1-2H3/b12-8+. The summed E-state index contributed by atoms with van der Waals surface area (Å²) in [6.07, 6.45) is 0.999. The van der Waals surface area contributed by atoms with Gasteiger partial charge in [-0.1, -0.05) is 22.9 Å². The second-order valence-corrected chi connectivity index (χ2v) is 7.49. The first-order valence-electron chi connectivity index (χ1n) is 8.84. The molecule has 1 fully saturated rings. The van der Waals surface area contributed by atoms with Crippen LogP contribution >= 0.6 is 15.9 Å². The molecule has 1 aliphatic rings. The summed E-state index contributed by atoms with van der Waals surface area (Å²) in [6, 6.07) is 3.44. The third-order valence-corrected chi connectivity index (χ3v) is 5.25. The molecule has 0 amide bonds. The second-order valence-electron chi connectivity index (χ2n) is 6.58. The van der Waals surface area contributed by atoms with Gasteiger partial charge in [0.2, 0.25) is 0 Å². The quantitative estimate of drug-likeness (QED) is 0.669. The molecule has 1 aromatic carbocycles. The zero-order valence-corrected chi connectivity index (χ0v) is 16.5. The van der Waals surface area contributed by atoms with Crippen LogP contribution in [0.3, 0.4) is 0 Å². The second kappa shape index (κ2) is 8.05. The van der Waals surface area contributed by atoms with Crippen LogP contribution in [-0.2, 0) is 0 Å². The molecule has 7 heteroatoms. The Morgan fingerprint density at radius 3 is 2.58 bits per heavy atom. The van der Waals surface area contributed by atoms with Crippen LogP contribution < -0.4 is 10.2 Å². The van der Waals surface area contributed by atoms with Gasteiger partial charge in [-0.3, -0.25) is 0 Å². The zero-order chi connectivity index (χ0) is 18.8. The predicted octanol–water partition coefficient (Wildman–Crippen LogP) is 5.58. The Morgan fingerprint density at radius 2 is 2.00 bits per heavy atom. The number of fused-ring (bicyclic) bond motifs is 1. The molecule has 1 unspecified atom stereocenters. The van der Waals surface area contributed by atoms with Gasteiger partial charge in [0.05, 0.1) is 17.4 Å². The van der Waals surface area contributed by atoms with E-state index in [1.165, 1.54) is 19.2 Å². The van der Waals surface area contributed by atoms with Crippen LogP contribution in [-0.4, -0.2) is 30.7 Å². The zero-order valence-electron chi connectivity index (χ0n) is 14.9.